The summed E-state index contributed by atoms with van der Waals surface area (Å²) in [5.41, 5.74) is 1.58. The molecule has 1 aromatic carbocycles. The summed E-state index contributed by atoms with van der Waals surface area (Å²) in [5.74, 6) is 0.358. The Morgan fingerprint density at radius 1 is 1.45 bits per heavy atom. The monoisotopic (exact) mass is 296 g/mol. The van der Waals surface area contributed by atoms with E-state index in [1.54, 1.807) is 6.07 Å². The summed E-state index contributed by atoms with van der Waals surface area (Å²) in [5, 5.41) is 15.8. The minimum Gasteiger partial charge on any atom is -0.393 e. The minimum atomic E-state index is -0.249. The van der Waals surface area contributed by atoms with Gasteiger partial charge in [0, 0.05) is 6.54 Å². The molecule has 2 atom stereocenters. The van der Waals surface area contributed by atoms with Crippen molar-refractivity contribution in [3.05, 3.63) is 28.8 Å². The van der Waals surface area contributed by atoms with Gasteiger partial charge in [-0.25, -0.2) is 4.79 Å². The number of anilines is 1. The molecule has 2 amide bonds. The third kappa shape index (κ3) is 4.12. The predicted octanol–water partition coefficient (Wildman–Crippen LogP) is 3.32. The fraction of sp³-hybridized carbons (Fsp3) is 0.533. The number of rotatable bonds is 3. The molecule has 1 saturated carbocycles. The van der Waals surface area contributed by atoms with Gasteiger partial charge in [0.05, 0.1) is 16.8 Å². The van der Waals surface area contributed by atoms with Gasteiger partial charge in [-0.2, -0.15) is 0 Å². The number of urea groups is 1. The first-order valence-electron chi connectivity index (χ1n) is 7.04. The van der Waals surface area contributed by atoms with Gasteiger partial charge in [-0.1, -0.05) is 30.2 Å². The minimum absolute atomic E-state index is 0.218. The van der Waals surface area contributed by atoms with E-state index in [1.807, 2.05) is 19.1 Å². The third-order valence-electron chi connectivity index (χ3n) is 3.77. The van der Waals surface area contributed by atoms with E-state index in [4.69, 9.17) is 11.6 Å². The van der Waals surface area contributed by atoms with Crippen LogP contribution in [0.2, 0.25) is 5.02 Å². The maximum absolute atomic E-state index is 11.9. The molecule has 0 heterocycles. The highest BCUT2D eigenvalue weighted by Gasteiger charge is 2.20. The normalized spacial score (nSPS) is 22.4. The second kappa shape index (κ2) is 6.95. The van der Waals surface area contributed by atoms with Gasteiger partial charge in [0.25, 0.3) is 0 Å². The lowest BCUT2D eigenvalue weighted by Crippen LogP contribution is -2.35. The van der Waals surface area contributed by atoms with Crippen LogP contribution in [-0.4, -0.2) is 23.8 Å². The summed E-state index contributed by atoms with van der Waals surface area (Å²) in [4.78, 5) is 11.9. The smallest absolute Gasteiger partial charge is 0.319 e. The number of benzene rings is 1. The Bertz CT molecular complexity index is 459. The van der Waals surface area contributed by atoms with E-state index in [2.05, 4.69) is 10.6 Å². The number of hydrogen-bond donors (Lipinski definition) is 3. The number of aliphatic hydroxyl groups is 1. The van der Waals surface area contributed by atoms with Gasteiger partial charge in [0.2, 0.25) is 0 Å². The third-order valence-corrected chi connectivity index (χ3v) is 4.08. The van der Waals surface area contributed by atoms with E-state index >= 15 is 0 Å². The van der Waals surface area contributed by atoms with E-state index in [1.165, 1.54) is 0 Å². The predicted molar refractivity (Wildman–Crippen MR) is 81.2 cm³/mol. The number of para-hydroxylation sites is 1. The van der Waals surface area contributed by atoms with Crippen LogP contribution in [0.3, 0.4) is 0 Å². The van der Waals surface area contributed by atoms with Crippen LogP contribution in [0.25, 0.3) is 0 Å². The maximum atomic E-state index is 11.9. The van der Waals surface area contributed by atoms with Gasteiger partial charge in [-0.3, -0.25) is 0 Å². The van der Waals surface area contributed by atoms with Crippen molar-refractivity contribution in [3.8, 4) is 0 Å². The van der Waals surface area contributed by atoms with E-state index < -0.39 is 0 Å². The molecule has 0 aromatic heterocycles. The Morgan fingerprint density at radius 2 is 2.25 bits per heavy atom. The van der Waals surface area contributed by atoms with E-state index in [0.29, 0.717) is 23.2 Å². The van der Waals surface area contributed by atoms with E-state index in [-0.39, 0.29) is 12.1 Å². The van der Waals surface area contributed by atoms with Gasteiger partial charge >= 0.3 is 6.03 Å². The SMILES string of the molecule is Cc1cccc(Cl)c1NC(=O)NC[C@H]1CCC[C@@H](O)C1. The second-order valence-electron chi connectivity index (χ2n) is 5.45. The van der Waals surface area contributed by atoms with Crippen molar-refractivity contribution in [3.63, 3.8) is 0 Å². The summed E-state index contributed by atoms with van der Waals surface area (Å²) in [6.07, 6.45) is 3.51. The zero-order valence-electron chi connectivity index (χ0n) is 11.7. The number of carbonyl (C=O) groups is 1. The highest BCUT2D eigenvalue weighted by Crippen LogP contribution is 2.25. The lowest BCUT2D eigenvalue weighted by atomic mass is 9.87. The van der Waals surface area contributed by atoms with Gasteiger partial charge in [0.15, 0.2) is 0 Å². The Kier molecular flexibility index (Phi) is 5.26. The van der Waals surface area contributed by atoms with Crippen LogP contribution in [-0.2, 0) is 0 Å². The van der Waals surface area contributed by atoms with Crippen LogP contribution < -0.4 is 10.6 Å². The number of amides is 2. The molecule has 4 nitrogen and oxygen atoms in total. The average molecular weight is 297 g/mol. The highest BCUT2D eigenvalue weighted by atomic mass is 35.5. The molecule has 3 N–H and O–H groups in total. The number of aryl methyl sites for hydroxylation is 1. The molecule has 1 fully saturated rings. The summed E-state index contributed by atoms with van der Waals surface area (Å²) < 4.78 is 0. The Labute approximate surface area is 124 Å². The van der Waals surface area contributed by atoms with Crippen LogP contribution >= 0.6 is 11.6 Å². The molecule has 110 valence electrons. The van der Waals surface area contributed by atoms with Gasteiger partial charge in [0.1, 0.15) is 0 Å². The van der Waals surface area contributed by atoms with Crippen LogP contribution in [0.15, 0.2) is 18.2 Å². The molecule has 1 aliphatic carbocycles. The van der Waals surface area contributed by atoms with Crippen molar-refractivity contribution >= 4 is 23.3 Å². The van der Waals surface area contributed by atoms with Crippen LogP contribution in [0.1, 0.15) is 31.2 Å². The molecule has 1 aromatic rings. The number of halogens is 1. The van der Waals surface area contributed by atoms with Crippen molar-refractivity contribution in [2.24, 2.45) is 5.92 Å². The van der Waals surface area contributed by atoms with Crippen LogP contribution in [0.5, 0.6) is 0 Å². The van der Waals surface area contributed by atoms with Crippen molar-refractivity contribution in [1.82, 2.24) is 5.32 Å². The molecule has 0 radical (unpaired) electrons. The average Bonchev–Trinajstić information content (AvgIpc) is 2.41. The van der Waals surface area contributed by atoms with Gasteiger partial charge in [-0.15, -0.1) is 0 Å². The maximum Gasteiger partial charge on any atom is 0.319 e. The molecule has 0 spiro atoms. The summed E-state index contributed by atoms with van der Waals surface area (Å²) >= 11 is 6.07. The first kappa shape index (κ1) is 15.1. The fourth-order valence-corrected chi connectivity index (χ4v) is 2.90. The van der Waals surface area contributed by atoms with Crippen molar-refractivity contribution in [2.75, 3.05) is 11.9 Å². The second-order valence-corrected chi connectivity index (χ2v) is 5.86. The topological polar surface area (TPSA) is 61.4 Å². The largest absolute Gasteiger partial charge is 0.393 e. The molecule has 0 bridgehead atoms. The summed E-state index contributed by atoms with van der Waals surface area (Å²) in [7, 11) is 0. The van der Waals surface area contributed by atoms with E-state index in [9.17, 15) is 9.90 Å². The molecule has 0 unspecified atom stereocenters. The molecule has 0 saturated heterocycles. The highest BCUT2D eigenvalue weighted by molar-refractivity contribution is 6.33. The lowest BCUT2D eigenvalue weighted by molar-refractivity contribution is 0.101. The number of nitrogens with one attached hydrogen (secondary N) is 2. The van der Waals surface area contributed by atoms with Crippen LogP contribution in [0.4, 0.5) is 10.5 Å². The van der Waals surface area contributed by atoms with Crippen LogP contribution in [0, 0.1) is 12.8 Å². The standard InChI is InChI=1S/C15H21ClN2O2/c1-10-4-2-7-13(16)14(10)18-15(20)17-9-11-5-3-6-12(19)8-11/h2,4,7,11-12,19H,3,5-6,8-9H2,1H3,(H2,17,18,20)/t11-,12+/m0/s1. The summed E-state index contributed by atoms with van der Waals surface area (Å²) in [6.45, 7) is 2.49. The molecule has 20 heavy (non-hydrogen) atoms. The van der Waals surface area contributed by atoms with E-state index in [0.717, 1.165) is 31.2 Å². The first-order chi connectivity index (χ1) is 9.56. The molecular weight excluding hydrogens is 276 g/mol. The van der Waals surface area contributed by atoms with Crippen molar-refractivity contribution in [2.45, 2.75) is 38.7 Å². The Balaban J connectivity index is 1.83. The zero-order chi connectivity index (χ0) is 14.5. The Hall–Kier alpha value is -1.26. The quantitative estimate of drug-likeness (QED) is 0.801. The molecule has 2 rings (SSSR count). The lowest BCUT2D eigenvalue weighted by Gasteiger charge is -2.26. The molecule has 0 aliphatic heterocycles. The number of carbonyl (C=O) groups excluding carboxylic acids is 1. The Morgan fingerprint density at radius 3 is 2.95 bits per heavy atom. The first-order valence-corrected chi connectivity index (χ1v) is 7.42. The molecule has 1 aliphatic rings. The van der Waals surface area contributed by atoms with Crippen molar-refractivity contribution < 1.29 is 9.90 Å². The molecule has 5 heteroatoms. The fourth-order valence-electron chi connectivity index (χ4n) is 2.63. The van der Waals surface area contributed by atoms with Gasteiger partial charge < -0.3 is 15.7 Å². The number of aliphatic hydroxyl groups excluding tert-OH is 1. The molecular formula is C15H21ClN2O2. The van der Waals surface area contributed by atoms with Gasteiger partial charge in [-0.05, 0) is 43.7 Å². The zero-order valence-corrected chi connectivity index (χ0v) is 12.4. The number of hydrogen-bond acceptors (Lipinski definition) is 2. The summed E-state index contributed by atoms with van der Waals surface area (Å²) in [6, 6.07) is 5.26. The van der Waals surface area contributed by atoms with Crippen molar-refractivity contribution in [1.29, 1.82) is 0 Å².